The third-order valence-corrected chi connectivity index (χ3v) is 11.3. The minimum Gasteiger partial charge on any atom is -0.497 e. The molecule has 1 heterocycles. The fourth-order valence-electron chi connectivity index (χ4n) is 3.44. The number of ether oxygens (including phenoxy) is 1. The van der Waals surface area contributed by atoms with Crippen molar-refractivity contribution in [3.63, 3.8) is 0 Å². The van der Waals surface area contributed by atoms with E-state index < -0.39 is 8.32 Å². The number of hydrogen-bond acceptors (Lipinski definition) is 3. The zero-order chi connectivity index (χ0) is 22.6. The second-order valence-corrected chi connectivity index (χ2v) is 15.3. The molecule has 0 aliphatic rings. The number of hydrogen-bond donors (Lipinski definition) is 1. The average Bonchev–Trinajstić information content (AvgIpc) is 3.04. The van der Waals surface area contributed by atoms with E-state index >= 15 is 0 Å². The zero-order valence-corrected chi connectivity index (χ0v) is 22.2. The Morgan fingerprint density at radius 3 is 2.55 bits per heavy atom. The Hall–Kier alpha value is -1.76. The van der Waals surface area contributed by atoms with E-state index in [2.05, 4.69) is 96.2 Å². The van der Waals surface area contributed by atoms with E-state index in [1.54, 1.807) is 7.11 Å². The average molecular weight is 504 g/mol. The van der Waals surface area contributed by atoms with Gasteiger partial charge < -0.3 is 19.0 Å². The number of para-hydroxylation sites is 1. The van der Waals surface area contributed by atoms with Crippen LogP contribution in [0.15, 0.2) is 53.1 Å². The molecule has 2 aromatic carbocycles. The number of nitrogens with zero attached hydrogens (tertiary/aromatic N) is 1. The van der Waals surface area contributed by atoms with E-state index in [-0.39, 0.29) is 5.04 Å². The number of fused-ring (bicyclic) bond motifs is 1. The van der Waals surface area contributed by atoms with E-state index in [0.717, 1.165) is 42.0 Å². The van der Waals surface area contributed by atoms with Gasteiger partial charge in [-0.2, -0.15) is 0 Å². The van der Waals surface area contributed by atoms with Crippen molar-refractivity contribution in [3.8, 4) is 5.75 Å². The first-order valence-electron chi connectivity index (χ1n) is 10.9. The number of anilines is 1. The van der Waals surface area contributed by atoms with Crippen LogP contribution >= 0.6 is 15.9 Å². The lowest BCUT2D eigenvalue weighted by Gasteiger charge is -2.36. The summed E-state index contributed by atoms with van der Waals surface area (Å²) in [6.07, 6.45) is 3.24. The van der Waals surface area contributed by atoms with Gasteiger partial charge in [-0.1, -0.05) is 54.9 Å². The van der Waals surface area contributed by atoms with Crippen LogP contribution in [0.5, 0.6) is 5.75 Å². The molecule has 0 fully saturated rings. The van der Waals surface area contributed by atoms with Crippen LogP contribution in [0.4, 0.5) is 5.69 Å². The van der Waals surface area contributed by atoms with Gasteiger partial charge in [0.25, 0.3) is 0 Å². The van der Waals surface area contributed by atoms with Crippen LogP contribution in [0, 0.1) is 0 Å². The second-order valence-electron chi connectivity index (χ2n) is 9.53. The van der Waals surface area contributed by atoms with Gasteiger partial charge in [0.1, 0.15) is 5.75 Å². The summed E-state index contributed by atoms with van der Waals surface area (Å²) in [5.74, 6) is 0.840. The summed E-state index contributed by atoms with van der Waals surface area (Å²) in [5.41, 5.74) is 3.68. The molecule has 1 aromatic heterocycles. The molecule has 0 aliphatic heterocycles. The Labute approximate surface area is 196 Å². The molecule has 168 valence electrons. The molecule has 0 saturated carbocycles. The first-order valence-corrected chi connectivity index (χ1v) is 14.6. The van der Waals surface area contributed by atoms with Gasteiger partial charge in [0.15, 0.2) is 8.32 Å². The lowest BCUT2D eigenvalue weighted by Crippen LogP contribution is -2.41. The first-order chi connectivity index (χ1) is 14.6. The van der Waals surface area contributed by atoms with Gasteiger partial charge in [-0.15, -0.1) is 0 Å². The Balaban J connectivity index is 1.67. The van der Waals surface area contributed by atoms with Crippen LogP contribution in [0.3, 0.4) is 0 Å². The second kappa shape index (κ2) is 9.80. The van der Waals surface area contributed by atoms with Crippen molar-refractivity contribution in [2.75, 3.05) is 25.6 Å². The fraction of sp³-hybridized carbons (Fsp3) is 0.440. The maximum absolute atomic E-state index is 6.43. The van der Waals surface area contributed by atoms with E-state index in [1.165, 1.54) is 16.5 Å². The van der Waals surface area contributed by atoms with Crippen molar-refractivity contribution in [2.45, 2.75) is 51.9 Å². The highest BCUT2D eigenvalue weighted by Crippen LogP contribution is 2.36. The first kappa shape index (κ1) is 23.9. The molecule has 0 spiro atoms. The van der Waals surface area contributed by atoms with Gasteiger partial charge in [0.05, 0.1) is 7.11 Å². The summed E-state index contributed by atoms with van der Waals surface area (Å²) in [6, 6.07) is 14.7. The van der Waals surface area contributed by atoms with Crippen molar-refractivity contribution in [2.24, 2.45) is 0 Å². The normalized spacial score (nSPS) is 12.4. The minimum absolute atomic E-state index is 0.238. The molecule has 0 aliphatic carbocycles. The van der Waals surface area contributed by atoms with Gasteiger partial charge in [-0.3, -0.25) is 0 Å². The van der Waals surface area contributed by atoms with E-state index in [1.807, 2.05) is 12.1 Å². The Kier molecular flexibility index (Phi) is 7.55. The fourth-order valence-corrected chi connectivity index (χ4v) is 4.96. The number of benzene rings is 2. The number of methoxy groups -OCH3 is 1. The molecule has 6 heteroatoms. The third-order valence-electron chi connectivity index (χ3n) is 6.30. The molecule has 0 saturated heterocycles. The largest absolute Gasteiger partial charge is 0.497 e. The molecule has 0 radical (unpaired) electrons. The number of rotatable bonds is 9. The van der Waals surface area contributed by atoms with Crippen molar-refractivity contribution >= 4 is 40.8 Å². The number of nitrogens with one attached hydrogen (secondary N) is 1. The highest BCUT2D eigenvalue weighted by atomic mass is 79.9. The summed E-state index contributed by atoms with van der Waals surface area (Å²) in [5, 5.41) is 5.07. The third kappa shape index (κ3) is 5.93. The minimum atomic E-state index is -1.72. The Morgan fingerprint density at radius 1 is 1.10 bits per heavy atom. The highest BCUT2D eigenvalue weighted by molar-refractivity contribution is 9.10. The van der Waals surface area contributed by atoms with E-state index in [0.29, 0.717) is 0 Å². The molecule has 0 atom stereocenters. The van der Waals surface area contributed by atoms with E-state index in [4.69, 9.17) is 9.16 Å². The predicted molar refractivity (Wildman–Crippen MR) is 138 cm³/mol. The van der Waals surface area contributed by atoms with Crippen LogP contribution in [0.1, 0.15) is 26.3 Å². The molecule has 0 bridgehead atoms. The van der Waals surface area contributed by atoms with E-state index in [9.17, 15) is 0 Å². The molecular formula is C25H35BrN2O2Si. The monoisotopic (exact) mass is 502 g/mol. The van der Waals surface area contributed by atoms with Gasteiger partial charge in [-0.05, 0) is 48.3 Å². The van der Waals surface area contributed by atoms with Crippen LogP contribution in [0.2, 0.25) is 18.1 Å². The summed E-state index contributed by atoms with van der Waals surface area (Å²) in [7, 11) is -0.0330. The molecule has 3 aromatic rings. The quantitative estimate of drug-likeness (QED) is 0.317. The lowest BCUT2D eigenvalue weighted by molar-refractivity contribution is 0.292. The summed E-state index contributed by atoms with van der Waals surface area (Å²) < 4.78 is 15.1. The predicted octanol–water partition coefficient (Wildman–Crippen LogP) is 7.09. The molecular weight excluding hydrogens is 468 g/mol. The Morgan fingerprint density at radius 2 is 1.84 bits per heavy atom. The van der Waals surface area contributed by atoms with Crippen molar-refractivity contribution in [1.29, 1.82) is 0 Å². The van der Waals surface area contributed by atoms with Crippen LogP contribution in [0.25, 0.3) is 10.9 Å². The summed E-state index contributed by atoms with van der Waals surface area (Å²) >= 11 is 3.54. The lowest BCUT2D eigenvalue weighted by atomic mass is 10.1. The zero-order valence-electron chi connectivity index (χ0n) is 19.6. The molecule has 0 unspecified atom stereocenters. The maximum Gasteiger partial charge on any atom is 0.191 e. The standard InChI is InChI=1S/C25H35BrN2O2Si/c1-25(2,3)31(5,6)30-14-11-19-18-28(24-10-8-7-9-23(19)24)13-12-27-21-15-20(26)16-22(17-21)29-4/h7-10,15-18,27H,11-14H2,1-6H3. The Bertz CT molecular complexity index is 1020. The highest BCUT2D eigenvalue weighted by Gasteiger charge is 2.36. The van der Waals surface area contributed by atoms with Crippen molar-refractivity contribution < 1.29 is 9.16 Å². The molecule has 1 N–H and O–H groups in total. The molecule has 4 nitrogen and oxygen atoms in total. The van der Waals surface area contributed by atoms with Gasteiger partial charge in [0, 0.05) is 53.0 Å². The van der Waals surface area contributed by atoms with Crippen LogP contribution in [-0.2, 0) is 17.4 Å². The smallest absolute Gasteiger partial charge is 0.191 e. The molecule has 3 rings (SSSR count). The summed E-state index contributed by atoms with van der Waals surface area (Å²) in [6.45, 7) is 14.0. The summed E-state index contributed by atoms with van der Waals surface area (Å²) in [4.78, 5) is 0. The van der Waals surface area contributed by atoms with Gasteiger partial charge >= 0.3 is 0 Å². The topological polar surface area (TPSA) is 35.4 Å². The van der Waals surface area contributed by atoms with Crippen molar-refractivity contribution in [3.05, 3.63) is 58.7 Å². The molecule has 0 amide bonds. The van der Waals surface area contributed by atoms with Crippen LogP contribution < -0.4 is 10.1 Å². The number of aromatic nitrogens is 1. The van der Waals surface area contributed by atoms with Gasteiger partial charge in [0.2, 0.25) is 0 Å². The van der Waals surface area contributed by atoms with Gasteiger partial charge in [-0.25, -0.2) is 0 Å². The SMILES string of the molecule is COc1cc(Br)cc(NCCn2cc(CCO[Si](C)(C)C(C)(C)C)c3ccccc32)c1. The molecule has 31 heavy (non-hydrogen) atoms. The maximum atomic E-state index is 6.43. The van der Waals surface area contributed by atoms with Crippen molar-refractivity contribution in [1.82, 2.24) is 4.57 Å². The van der Waals surface area contributed by atoms with Crippen LogP contribution in [-0.4, -0.2) is 33.1 Å². The number of halogens is 1.